The fourth-order valence-corrected chi connectivity index (χ4v) is 3.79. The Bertz CT molecular complexity index is 900. The molecule has 3 atom stereocenters. The molecule has 2 aromatic carbocycles. The number of phenols is 1. The van der Waals surface area contributed by atoms with Gasteiger partial charge in [0.1, 0.15) is 0 Å². The molecule has 2 N–H and O–H groups in total. The molecule has 2 heterocycles. The van der Waals surface area contributed by atoms with Gasteiger partial charge in [-0.25, -0.2) is 0 Å². The van der Waals surface area contributed by atoms with Gasteiger partial charge in [0, 0.05) is 5.92 Å². The van der Waals surface area contributed by atoms with Gasteiger partial charge in [-0.15, -0.1) is 0 Å². The zero-order valence-electron chi connectivity index (χ0n) is 16.1. The molecule has 154 valence electrons. The smallest absolute Gasteiger partial charge is 0.309 e. The summed E-state index contributed by atoms with van der Waals surface area (Å²) in [5.41, 5.74) is 1.35. The molecule has 8 heteroatoms. The molecule has 0 bridgehead atoms. The predicted octanol–water partition coefficient (Wildman–Crippen LogP) is 2.20. The van der Waals surface area contributed by atoms with E-state index in [9.17, 15) is 15.0 Å². The number of hydrogen-bond donors (Lipinski definition) is 2. The second-order valence-corrected chi connectivity index (χ2v) is 7.01. The van der Waals surface area contributed by atoms with E-state index >= 15 is 0 Å². The van der Waals surface area contributed by atoms with Crippen LogP contribution in [0.25, 0.3) is 0 Å². The van der Waals surface area contributed by atoms with Crippen LogP contribution in [0.5, 0.6) is 28.7 Å². The molecule has 2 aliphatic heterocycles. The van der Waals surface area contributed by atoms with Gasteiger partial charge in [0.15, 0.2) is 23.0 Å². The Kier molecular flexibility index (Phi) is 5.10. The molecule has 4 rings (SSSR count). The van der Waals surface area contributed by atoms with E-state index in [0.717, 1.165) is 5.56 Å². The SMILES string of the molecule is COc1cc(C[C@H]2C(=O)OC[C@@H]2[C@@H](O)c2ccc3c(c2)OCO3)cc(OC)c1O. The van der Waals surface area contributed by atoms with Crippen LogP contribution in [0.1, 0.15) is 17.2 Å². The van der Waals surface area contributed by atoms with E-state index in [1.165, 1.54) is 14.2 Å². The molecule has 0 aromatic heterocycles. The second kappa shape index (κ2) is 7.71. The number of phenolic OH excluding ortho intramolecular Hbond substituents is 1. The Labute approximate surface area is 167 Å². The van der Waals surface area contributed by atoms with E-state index in [1.54, 1.807) is 30.3 Å². The monoisotopic (exact) mass is 402 g/mol. The number of aromatic hydroxyl groups is 1. The quantitative estimate of drug-likeness (QED) is 0.709. The van der Waals surface area contributed by atoms with Crippen LogP contribution in [0.2, 0.25) is 0 Å². The first-order chi connectivity index (χ1) is 14.0. The number of ether oxygens (including phenoxy) is 5. The van der Waals surface area contributed by atoms with E-state index < -0.39 is 17.9 Å². The first-order valence-electron chi connectivity index (χ1n) is 9.20. The highest BCUT2D eigenvalue weighted by Crippen LogP contribution is 2.42. The molecule has 0 spiro atoms. The number of hydrogen-bond acceptors (Lipinski definition) is 8. The van der Waals surface area contributed by atoms with Crippen LogP contribution < -0.4 is 18.9 Å². The second-order valence-electron chi connectivity index (χ2n) is 7.01. The highest BCUT2D eigenvalue weighted by atomic mass is 16.7. The summed E-state index contributed by atoms with van der Waals surface area (Å²) in [5.74, 6) is 0.210. The number of rotatable bonds is 6. The summed E-state index contributed by atoms with van der Waals surface area (Å²) in [7, 11) is 2.88. The lowest BCUT2D eigenvalue weighted by Crippen LogP contribution is -2.24. The van der Waals surface area contributed by atoms with Crippen LogP contribution in [0.15, 0.2) is 30.3 Å². The molecule has 2 aliphatic rings. The molecule has 0 aliphatic carbocycles. The van der Waals surface area contributed by atoms with Gasteiger partial charge in [-0.3, -0.25) is 4.79 Å². The van der Waals surface area contributed by atoms with E-state index in [-0.39, 0.29) is 36.6 Å². The van der Waals surface area contributed by atoms with Crippen LogP contribution in [0.3, 0.4) is 0 Å². The average Bonchev–Trinajstić information content (AvgIpc) is 3.34. The highest BCUT2D eigenvalue weighted by molar-refractivity contribution is 5.75. The minimum absolute atomic E-state index is 0.107. The summed E-state index contributed by atoms with van der Waals surface area (Å²) in [6, 6.07) is 8.51. The number of carbonyl (C=O) groups is 1. The average molecular weight is 402 g/mol. The van der Waals surface area contributed by atoms with Crippen LogP contribution in [-0.4, -0.2) is 43.8 Å². The Balaban J connectivity index is 1.59. The van der Waals surface area contributed by atoms with Crippen molar-refractivity contribution in [2.75, 3.05) is 27.6 Å². The Hall–Kier alpha value is -3.13. The van der Waals surface area contributed by atoms with Crippen molar-refractivity contribution in [2.24, 2.45) is 11.8 Å². The van der Waals surface area contributed by atoms with Gasteiger partial charge in [-0.05, 0) is 41.8 Å². The van der Waals surface area contributed by atoms with Crippen LogP contribution in [0.4, 0.5) is 0 Å². The third kappa shape index (κ3) is 3.51. The Morgan fingerprint density at radius 3 is 2.45 bits per heavy atom. The first-order valence-corrected chi connectivity index (χ1v) is 9.20. The zero-order valence-corrected chi connectivity index (χ0v) is 16.1. The molecule has 1 fully saturated rings. The molecule has 8 nitrogen and oxygen atoms in total. The molecule has 0 saturated carbocycles. The van der Waals surface area contributed by atoms with E-state index in [2.05, 4.69) is 0 Å². The van der Waals surface area contributed by atoms with Crippen molar-refractivity contribution in [3.8, 4) is 28.7 Å². The molecule has 0 radical (unpaired) electrons. The number of esters is 1. The summed E-state index contributed by atoms with van der Waals surface area (Å²) >= 11 is 0. The van der Waals surface area contributed by atoms with Gasteiger partial charge in [-0.2, -0.15) is 0 Å². The predicted molar refractivity (Wildman–Crippen MR) is 100 cm³/mol. The number of fused-ring (bicyclic) bond motifs is 1. The van der Waals surface area contributed by atoms with Crippen molar-refractivity contribution in [3.63, 3.8) is 0 Å². The molecule has 0 amide bonds. The van der Waals surface area contributed by atoms with Crippen molar-refractivity contribution in [3.05, 3.63) is 41.5 Å². The van der Waals surface area contributed by atoms with Gasteiger partial charge < -0.3 is 33.9 Å². The lowest BCUT2D eigenvalue weighted by atomic mass is 9.83. The van der Waals surface area contributed by atoms with Gasteiger partial charge in [0.25, 0.3) is 0 Å². The van der Waals surface area contributed by atoms with Gasteiger partial charge >= 0.3 is 5.97 Å². The van der Waals surface area contributed by atoms with Crippen molar-refractivity contribution < 1.29 is 38.7 Å². The van der Waals surface area contributed by atoms with Gasteiger partial charge in [-0.1, -0.05) is 6.07 Å². The van der Waals surface area contributed by atoms with Crippen molar-refractivity contribution in [1.82, 2.24) is 0 Å². The van der Waals surface area contributed by atoms with E-state index in [1.807, 2.05) is 0 Å². The number of aliphatic hydroxyl groups excluding tert-OH is 1. The molecule has 2 aromatic rings. The summed E-state index contributed by atoms with van der Waals surface area (Å²) in [6.45, 7) is 0.262. The normalized spacial score (nSPS) is 21.0. The standard InChI is InChI=1S/C21H22O8/c1-25-17-6-11(7-18(26-2)20(17)23)5-13-14(9-27-21(13)24)19(22)12-3-4-15-16(8-12)29-10-28-15/h3-4,6-8,13-14,19,22-23H,5,9-10H2,1-2H3/t13-,14+,19+/m1/s1. The van der Waals surface area contributed by atoms with Crippen LogP contribution in [0, 0.1) is 11.8 Å². The minimum atomic E-state index is -0.915. The van der Waals surface area contributed by atoms with Crippen LogP contribution >= 0.6 is 0 Å². The maximum absolute atomic E-state index is 12.4. The minimum Gasteiger partial charge on any atom is -0.502 e. The summed E-state index contributed by atoms with van der Waals surface area (Å²) in [4.78, 5) is 12.4. The van der Waals surface area contributed by atoms with Crippen molar-refractivity contribution in [1.29, 1.82) is 0 Å². The summed E-state index contributed by atoms with van der Waals surface area (Å²) in [6.07, 6.45) is -0.611. The lowest BCUT2D eigenvalue weighted by molar-refractivity contribution is -0.141. The number of methoxy groups -OCH3 is 2. The lowest BCUT2D eigenvalue weighted by Gasteiger charge is -2.22. The van der Waals surface area contributed by atoms with E-state index in [4.69, 9.17) is 23.7 Å². The van der Waals surface area contributed by atoms with Gasteiger partial charge in [0.2, 0.25) is 12.5 Å². The van der Waals surface area contributed by atoms with Crippen LogP contribution in [-0.2, 0) is 16.0 Å². The fourth-order valence-electron chi connectivity index (χ4n) is 3.79. The third-order valence-electron chi connectivity index (χ3n) is 5.38. The van der Waals surface area contributed by atoms with Crippen molar-refractivity contribution >= 4 is 5.97 Å². The number of cyclic esters (lactones) is 1. The molecule has 29 heavy (non-hydrogen) atoms. The Morgan fingerprint density at radius 2 is 1.76 bits per heavy atom. The number of aliphatic hydroxyl groups is 1. The third-order valence-corrected chi connectivity index (χ3v) is 5.38. The first kappa shape index (κ1) is 19.2. The summed E-state index contributed by atoms with van der Waals surface area (Å²) < 4.78 is 26.3. The maximum Gasteiger partial charge on any atom is 0.309 e. The Morgan fingerprint density at radius 1 is 1.07 bits per heavy atom. The largest absolute Gasteiger partial charge is 0.502 e. The topological polar surface area (TPSA) is 104 Å². The molecular weight excluding hydrogens is 380 g/mol. The number of carbonyl (C=O) groups excluding carboxylic acids is 1. The van der Waals surface area contributed by atoms with Crippen molar-refractivity contribution in [2.45, 2.75) is 12.5 Å². The van der Waals surface area contributed by atoms with E-state index in [0.29, 0.717) is 23.5 Å². The highest BCUT2D eigenvalue weighted by Gasteiger charge is 2.42. The fraction of sp³-hybridized carbons (Fsp3) is 0.381. The molecule has 1 saturated heterocycles. The molecule has 0 unspecified atom stereocenters. The zero-order chi connectivity index (χ0) is 20.5. The van der Waals surface area contributed by atoms with Gasteiger partial charge in [0.05, 0.1) is 32.8 Å². The number of benzene rings is 2. The molecular formula is C21H22O8. The maximum atomic E-state index is 12.4. The summed E-state index contributed by atoms with van der Waals surface area (Å²) in [5, 5.41) is 21.0.